The number of methoxy groups -OCH3 is 2. The number of hydrogen-bond acceptors (Lipinski definition) is 6. The third kappa shape index (κ3) is 4.01. The largest absolute Gasteiger partial charge is 0.497 e. The summed E-state index contributed by atoms with van der Waals surface area (Å²) in [6.07, 6.45) is 0.158. The summed E-state index contributed by atoms with van der Waals surface area (Å²) in [5.74, 6) is -0.509. The molecule has 7 nitrogen and oxygen atoms in total. The molecule has 8 heteroatoms. The Bertz CT molecular complexity index is 922. The lowest BCUT2D eigenvalue weighted by Crippen LogP contribution is -2.48. The van der Waals surface area contributed by atoms with Crippen molar-refractivity contribution in [3.63, 3.8) is 0 Å². The molecule has 2 aromatic carbocycles. The van der Waals surface area contributed by atoms with Crippen LogP contribution in [0.3, 0.4) is 0 Å². The summed E-state index contributed by atoms with van der Waals surface area (Å²) in [5.41, 5.74) is 5.30. The molecule has 0 aromatic heterocycles. The Morgan fingerprint density at radius 3 is 2.63 bits per heavy atom. The lowest BCUT2D eigenvalue weighted by Gasteiger charge is -2.36. The van der Waals surface area contributed by atoms with Crippen LogP contribution in [0.4, 0.5) is 4.39 Å². The number of halogens is 1. The van der Waals surface area contributed by atoms with Gasteiger partial charge in [-0.3, -0.25) is 4.79 Å². The summed E-state index contributed by atoms with van der Waals surface area (Å²) < 4.78 is 31.4. The third-order valence-electron chi connectivity index (χ3n) is 5.06. The van der Waals surface area contributed by atoms with Crippen LogP contribution in [-0.2, 0) is 20.0 Å². The zero-order chi connectivity index (χ0) is 21.7. The molecule has 0 spiro atoms. The van der Waals surface area contributed by atoms with Crippen LogP contribution >= 0.6 is 0 Å². The van der Waals surface area contributed by atoms with Gasteiger partial charge in [-0.25, -0.2) is 4.39 Å². The second-order valence-electron chi connectivity index (χ2n) is 6.92. The van der Waals surface area contributed by atoms with Gasteiger partial charge in [-0.05, 0) is 38.1 Å². The first-order valence-electron chi connectivity index (χ1n) is 9.71. The molecule has 1 heterocycles. The van der Waals surface area contributed by atoms with Crippen molar-refractivity contribution in [1.29, 1.82) is 0 Å². The molecule has 1 amide bonds. The van der Waals surface area contributed by atoms with Crippen molar-refractivity contribution in [2.75, 3.05) is 20.8 Å². The van der Waals surface area contributed by atoms with Crippen molar-refractivity contribution in [2.45, 2.75) is 31.6 Å². The van der Waals surface area contributed by atoms with Crippen molar-refractivity contribution in [3.8, 4) is 5.75 Å². The van der Waals surface area contributed by atoms with Crippen LogP contribution in [0.1, 0.15) is 30.9 Å². The predicted octanol–water partition coefficient (Wildman–Crippen LogP) is 2.98. The first-order chi connectivity index (χ1) is 14.5. The Labute approximate surface area is 175 Å². The summed E-state index contributed by atoms with van der Waals surface area (Å²) in [4.78, 5) is 13.2. The lowest BCUT2D eigenvalue weighted by molar-refractivity contribution is -0.162. The fourth-order valence-electron chi connectivity index (χ4n) is 3.32. The lowest BCUT2D eigenvalue weighted by atomic mass is 9.96. The highest BCUT2D eigenvalue weighted by Crippen LogP contribution is 2.41. The van der Waals surface area contributed by atoms with E-state index in [1.165, 1.54) is 37.4 Å². The maximum Gasteiger partial charge on any atom is 0.275 e. The second-order valence-corrected chi connectivity index (χ2v) is 6.92. The molecule has 0 saturated heterocycles. The number of nitrogens with zero attached hydrogens (tertiary/aromatic N) is 2. The highest BCUT2D eigenvalue weighted by Gasteiger charge is 2.50. The van der Waals surface area contributed by atoms with E-state index in [1.807, 2.05) is 30.3 Å². The van der Waals surface area contributed by atoms with Crippen LogP contribution in [-0.4, -0.2) is 43.7 Å². The standard InChI is InChI=1S/C22H26FN3O4/c1-15(28-2)21(27)26-22(12-7-13-24,16-8-5-4-6-9-16)30-20(25-26)18-14-17(29-3)10-11-19(18)23/h4-6,8-11,14-15H,7,12-13,24H2,1-3H3/t15-,22?/m0/s1. The number of carbonyl (C=O) groups is 1. The fourth-order valence-corrected chi connectivity index (χ4v) is 3.32. The van der Waals surface area contributed by atoms with Crippen LogP contribution in [0.25, 0.3) is 0 Å². The number of nitrogens with two attached hydrogens (primary N) is 1. The topological polar surface area (TPSA) is 86.4 Å². The van der Waals surface area contributed by atoms with Gasteiger partial charge in [-0.15, -0.1) is 5.10 Å². The Morgan fingerprint density at radius 1 is 1.27 bits per heavy atom. The summed E-state index contributed by atoms with van der Waals surface area (Å²) in [6, 6.07) is 13.5. The third-order valence-corrected chi connectivity index (χ3v) is 5.06. The molecule has 0 radical (unpaired) electrons. The number of carbonyl (C=O) groups excluding carboxylic acids is 1. The molecule has 0 aliphatic carbocycles. The maximum absolute atomic E-state index is 14.7. The molecule has 3 rings (SSSR count). The highest BCUT2D eigenvalue weighted by molar-refractivity contribution is 5.98. The molecule has 160 valence electrons. The molecule has 1 aliphatic rings. The van der Waals surface area contributed by atoms with E-state index in [1.54, 1.807) is 6.92 Å². The van der Waals surface area contributed by atoms with E-state index >= 15 is 0 Å². The van der Waals surface area contributed by atoms with Gasteiger partial charge in [0.15, 0.2) is 0 Å². The Hall–Kier alpha value is -2.97. The van der Waals surface area contributed by atoms with E-state index in [-0.39, 0.29) is 11.5 Å². The number of ether oxygens (including phenoxy) is 3. The average molecular weight is 415 g/mol. The van der Waals surface area contributed by atoms with Crippen LogP contribution in [0.5, 0.6) is 5.75 Å². The van der Waals surface area contributed by atoms with Gasteiger partial charge in [-0.2, -0.15) is 5.01 Å². The summed E-state index contributed by atoms with van der Waals surface area (Å²) >= 11 is 0. The quantitative estimate of drug-likeness (QED) is 0.716. The van der Waals surface area contributed by atoms with Gasteiger partial charge < -0.3 is 19.9 Å². The maximum atomic E-state index is 14.7. The zero-order valence-corrected chi connectivity index (χ0v) is 17.3. The molecular formula is C22H26FN3O4. The SMILES string of the molecule is COc1ccc(F)c(C2=NN(C(=O)[C@H](C)OC)C(CCCN)(c3ccccc3)O2)c1. The molecule has 1 unspecified atom stereocenters. The van der Waals surface area contributed by atoms with E-state index in [4.69, 9.17) is 19.9 Å². The zero-order valence-electron chi connectivity index (χ0n) is 17.3. The Balaban J connectivity index is 2.15. The molecule has 2 aromatic rings. The summed E-state index contributed by atoms with van der Waals surface area (Å²) in [6.45, 7) is 2.02. The molecular weight excluding hydrogens is 389 g/mol. The van der Waals surface area contributed by atoms with Gasteiger partial charge in [0.05, 0.1) is 12.7 Å². The first kappa shape index (κ1) is 21.7. The van der Waals surface area contributed by atoms with E-state index in [0.717, 1.165) is 0 Å². The number of amides is 1. The van der Waals surface area contributed by atoms with Crippen LogP contribution in [0, 0.1) is 5.82 Å². The molecule has 2 atom stereocenters. The van der Waals surface area contributed by atoms with Gasteiger partial charge in [0.1, 0.15) is 17.7 Å². The monoisotopic (exact) mass is 415 g/mol. The van der Waals surface area contributed by atoms with E-state index in [9.17, 15) is 9.18 Å². The average Bonchev–Trinajstić information content (AvgIpc) is 3.18. The van der Waals surface area contributed by atoms with Crippen LogP contribution in [0.15, 0.2) is 53.6 Å². The first-order valence-corrected chi connectivity index (χ1v) is 9.71. The van der Waals surface area contributed by atoms with Crippen LogP contribution in [0.2, 0.25) is 0 Å². The molecule has 2 N–H and O–H groups in total. The van der Waals surface area contributed by atoms with Gasteiger partial charge in [0, 0.05) is 19.1 Å². The van der Waals surface area contributed by atoms with Crippen molar-refractivity contribution in [2.24, 2.45) is 10.8 Å². The highest BCUT2D eigenvalue weighted by atomic mass is 19.1. The number of benzene rings is 2. The minimum absolute atomic E-state index is 0.0103. The molecule has 30 heavy (non-hydrogen) atoms. The predicted molar refractivity (Wildman–Crippen MR) is 110 cm³/mol. The number of hydrazone groups is 1. The van der Waals surface area contributed by atoms with Crippen molar-refractivity contribution in [3.05, 3.63) is 65.5 Å². The molecule has 0 fully saturated rings. The van der Waals surface area contributed by atoms with E-state index < -0.39 is 23.6 Å². The van der Waals surface area contributed by atoms with Crippen LogP contribution < -0.4 is 10.5 Å². The minimum Gasteiger partial charge on any atom is -0.497 e. The molecule has 1 aliphatic heterocycles. The minimum atomic E-state index is -1.27. The van der Waals surface area contributed by atoms with Crippen molar-refractivity contribution >= 4 is 11.8 Å². The van der Waals surface area contributed by atoms with Crippen molar-refractivity contribution in [1.82, 2.24) is 5.01 Å². The van der Waals surface area contributed by atoms with E-state index in [0.29, 0.717) is 30.7 Å². The number of hydrogen-bond donors (Lipinski definition) is 1. The Kier molecular flexibility index (Phi) is 6.69. The molecule has 0 bridgehead atoms. The van der Waals surface area contributed by atoms with Gasteiger partial charge in [0.25, 0.3) is 5.91 Å². The Morgan fingerprint density at radius 2 is 2.00 bits per heavy atom. The number of rotatable bonds is 8. The van der Waals surface area contributed by atoms with Gasteiger partial charge >= 0.3 is 0 Å². The van der Waals surface area contributed by atoms with Gasteiger partial charge in [-0.1, -0.05) is 30.3 Å². The summed E-state index contributed by atoms with van der Waals surface area (Å²) in [5, 5.41) is 5.66. The fraction of sp³-hybridized carbons (Fsp3) is 0.364. The van der Waals surface area contributed by atoms with Crippen molar-refractivity contribution < 1.29 is 23.4 Å². The normalized spacial score (nSPS) is 19.2. The smallest absolute Gasteiger partial charge is 0.275 e. The van der Waals surface area contributed by atoms with Gasteiger partial charge in [0.2, 0.25) is 11.6 Å². The second kappa shape index (κ2) is 9.23. The molecule has 0 saturated carbocycles. The summed E-state index contributed by atoms with van der Waals surface area (Å²) in [7, 11) is 2.93. The van der Waals surface area contributed by atoms with E-state index in [2.05, 4.69) is 5.10 Å².